The second-order valence-corrected chi connectivity index (χ2v) is 4.60. The summed E-state index contributed by atoms with van der Waals surface area (Å²) >= 11 is 0. The summed E-state index contributed by atoms with van der Waals surface area (Å²) in [6, 6.07) is 0.0139. The summed E-state index contributed by atoms with van der Waals surface area (Å²) in [5.41, 5.74) is 5.92. The van der Waals surface area contributed by atoms with Crippen molar-refractivity contribution in [3.8, 4) is 0 Å². The minimum absolute atomic E-state index is 0.0139. The zero-order chi connectivity index (χ0) is 13.5. The summed E-state index contributed by atoms with van der Waals surface area (Å²) in [6.07, 6.45) is 2.76. The van der Waals surface area contributed by atoms with Crippen LogP contribution in [0.15, 0.2) is 4.52 Å². The molecule has 0 aliphatic rings. The minimum Gasteiger partial charge on any atom is -0.370 e. The second kappa shape index (κ2) is 7.48. The summed E-state index contributed by atoms with van der Waals surface area (Å²) in [5.74, 6) is 1.39. The average molecular weight is 255 g/mol. The van der Waals surface area contributed by atoms with Gasteiger partial charge >= 0.3 is 0 Å². The van der Waals surface area contributed by atoms with Crippen molar-refractivity contribution >= 4 is 0 Å². The van der Waals surface area contributed by atoms with Crippen molar-refractivity contribution in [1.29, 1.82) is 0 Å². The maximum atomic E-state index is 5.92. The van der Waals surface area contributed by atoms with E-state index in [0.717, 1.165) is 19.3 Å². The molecule has 0 aliphatic heterocycles. The molecule has 1 rings (SSSR count). The van der Waals surface area contributed by atoms with E-state index < -0.39 is 0 Å². The highest BCUT2D eigenvalue weighted by Crippen LogP contribution is 2.25. The molecule has 0 saturated heterocycles. The zero-order valence-corrected chi connectivity index (χ0v) is 11.8. The Balaban J connectivity index is 2.82. The van der Waals surface area contributed by atoms with Crippen LogP contribution in [-0.2, 0) is 4.74 Å². The van der Waals surface area contributed by atoms with Gasteiger partial charge in [0.05, 0.1) is 5.92 Å². The Morgan fingerprint density at radius 3 is 2.56 bits per heavy atom. The van der Waals surface area contributed by atoms with Gasteiger partial charge in [0.1, 0.15) is 6.10 Å². The standard InChI is InChI=1S/C13H25N3O2/c1-5-8-11(17-7-3)12-15-13(18-16-12)10(6-2)9(4)14/h9-11H,5-8,14H2,1-4H3. The predicted molar refractivity (Wildman–Crippen MR) is 70.3 cm³/mol. The van der Waals surface area contributed by atoms with Gasteiger partial charge in [-0.3, -0.25) is 0 Å². The third kappa shape index (κ3) is 3.78. The molecule has 18 heavy (non-hydrogen) atoms. The van der Waals surface area contributed by atoms with Crippen molar-refractivity contribution in [3.63, 3.8) is 0 Å². The Bertz CT molecular complexity index is 333. The quantitative estimate of drug-likeness (QED) is 0.773. The maximum Gasteiger partial charge on any atom is 0.231 e. The molecule has 3 unspecified atom stereocenters. The lowest BCUT2D eigenvalue weighted by atomic mass is 9.99. The molecule has 104 valence electrons. The first-order chi connectivity index (χ1) is 8.63. The molecule has 0 radical (unpaired) electrons. The lowest BCUT2D eigenvalue weighted by Crippen LogP contribution is -2.24. The van der Waals surface area contributed by atoms with Crippen LogP contribution in [0.1, 0.15) is 70.7 Å². The van der Waals surface area contributed by atoms with E-state index in [2.05, 4.69) is 24.0 Å². The fourth-order valence-electron chi connectivity index (χ4n) is 2.05. The van der Waals surface area contributed by atoms with Crippen molar-refractivity contribution < 1.29 is 9.26 Å². The van der Waals surface area contributed by atoms with Crippen LogP contribution >= 0.6 is 0 Å². The topological polar surface area (TPSA) is 74.2 Å². The van der Waals surface area contributed by atoms with Crippen LogP contribution in [0.3, 0.4) is 0 Å². The van der Waals surface area contributed by atoms with Gasteiger partial charge < -0.3 is 15.0 Å². The SMILES string of the molecule is CCCC(OCC)c1noc(C(CC)C(C)N)n1. The van der Waals surface area contributed by atoms with E-state index in [4.69, 9.17) is 15.0 Å². The number of nitrogens with two attached hydrogens (primary N) is 1. The maximum absolute atomic E-state index is 5.92. The van der Waals surface area contributed by atoms with Crippen LogP contribution in [0.4, 0.5) is 0 Å². The number of hydrogen-bond acceptors (Lipinski definition) is 5. The number of ether oxygens (including phenoxy) is 1. The first-order valence-corrected chi connectivity index (χ1v) is 6.84. The Morgan fingerprint density at radius 1 is 1.33 bits per heavy atom. The normalized spacial score (nSPS) is 16.5. The molecule has 0 saturated carbocycles. The average Bonchev–Trinajstić information content (AvgIpc) is 2.78. The number of nitrogens with zero attached hydrogens (tertiary/aromatic N) is 2. The molecular weight excluding hydrogens is 230 g/mol. The Labute approximate surface area is 109 Å². The summed E-state index contributed by atoms with van der Waals surface area (Å²) < 4.78 is 11.0. The van der Waals surface area contributed by atoms with Crippen LogP contribution in [0.2, 0.25) is 0 Å². The van der Waals surface area contributed by atoms with Crippen molar-refractivity contribution in [2.45, 2.75) is 65.0 Å². The van der Waals surface area contributed by atoms with E-state index in [-0.39, 0.29) is 18.1 Å². The van der Waals surface area contributed by atoms with Gasteiger partial charge in [0, 0.05) is 12.6 Å². The van der Waals surface area contributed by atoms with Crippen LogP contribution in [-0.4, -0.2) is 22.8 Å². The fourth-order valence-corrected chi connectivity index (χ4v) is 2.05. The van der Waals surface area contributed by atoms with E-state index in [0.29, 0.717) is 18.3 Å². The highest BCUT2D eigenvalue weighted by molar-refractivity contribution is 4.99. The van der Waals surface area contributed by atoms with Gasteiger partial charge in [-0.05, 0) is 26.7 Å². The van der Waals surface area contributed by atoms with Gasteiger partial charge in [0.25, 0.3) is 0 Å². The third-order valence-electron chi connectivity index (χ3n) is 3.06. The predicted octanol–water partition coefficient (Wildman–Crippen LogP) is 2.79. The first-order valence-electron chi connectivity index (χ1n) is 6.84. The smallest absolute Gasteiger partial charge is 0.231 e. The highest BCUT2D eigenvalue weighted by atomic mass is 16.5. The molecule has 5 heteroatoms. The van der Waals surface area contributed by atoms with Gasteiger partial charge in [0.15, 0.2) is 0 Å². The highest BCUT2D eigenvalue weighted by Gasteiger charge is 2.24. The first kappa shape index (κ1) is 15.1. The molecular formula is C13H25N3O2. The number of aromatic nitrogens is 2. The van der Waals surface area contributed by atoms with Gasteiger partial charge in [-0.15, -0.1) is 0 Å². The van der Waals surface area contributed by atoms with Crippen LogP contribution in [0.5, 0.6) is 0 Å². The van der Waals surface area contributed by atoms with E-state index >= 15 is 0 Å². The van der Waals surface area contributed by atoms with E-state index in [1.54, 1.807) is 0 Å². The minimum atomic E-state index is -0.0666. The molecule has 0 amide bonds. The van der Waals surface area contributed by atoms with Gasteiger partial charge in [0.2, 0.25) is 11.7 Å². The summed E-state index contributed by atoms with van der Waals surface area (Å²) in [6.45, 7) is 8.78. The van der Waals surface area contributed by atoms with Gasteiger partial charge in [-0.2, -0.15) is 4.98 Å². The molecule has 0 fully saturated rings. The Hall–Kier alpha value is -0.940. The van der Waals surface area contributed by atoms with Crippen molar-refractivity contribution in [3.05, 3.63) is 11.7 Å². The summed E-state index contributed by atoms with van der Waals surface area (Å²) in [4.78, 5) is 4.46. The molecule has 0 bridgehead atoms. The van der Waals surface area contributed by atoms with Crippen molar-refractivity contribution in [1.82, 2.24) is 10.1 Å². The molecule has 0 spiro atoms. The zero-order valence-electron chi connectivity index (χ0n) is 11.8. The summed E-state index contributed by atoms with van der Waals surface area (Å²) in [5, 5.41) is 4.04. The monoisotopic (exact) mass is 255 g/mol. The lowest BCUT2D eigenvalue weighted by Gasteiger charge is -2.14. The molecule has 1 heterocycles. The Morgan fingerprint density at radius 2 is 2.06 bits per heavy atom. The Kier molecular flexibility index (Phi) is 6.29. The van der Waals surface area contributed by atoms with Crippen LogP contribution in [0, 0.1) is 0 Å². The molecule has 0 aromatic carbocycles. The van der Waals surface area contributed by atoms with E-state index in [1.807, 2.05) is 13.8 Å². The van der Waals surface area contributed by atoms with Gasteiger partial charge in [-0.25, -0.2) is 0 Å². The second-order valence-electron chi connectivity index (χ2n) is 4.60. The number of rotatable bonds is 8. The molecule has 1 aromatic rings. The molecule has 3 atom stereocenters. The van der Waals surface area contributed by atoms with E-state index in [9.17, 15) is 0 Å². The lowest BCUT2D eigenvalue weighted by molar-refractivity contribution is 0.0477. The third-order valence-corrected chi connectivity index (χ3v) is 3.06. The fraction of sp³-hybridized carbons (Fsp3) is 0.846. The largest absolute Gasteiger partial charge is 0.370 e. The number of hydrogen-bond donors (Lipinski definition) is 1. The van der Waals surface area contributed by atoms with Crippen molar-refractivity contribution in [2.75, 3.05) is 6.61 Å². The molecule has 1 aromatic heterocycles. The van der Waals surface area contributed by atoms with Crippen molar-refractivity contribution in [2.24, 2.45) is 5.73 Å². The molecule has 0 aliphatic carbocycles. The van der Waals surface area contributed by atoms with Crippen LogP contribution in [0.25, 0.3) is 0 Å². The van der Waals surface area contributed by atoms with Crippen LogP contribution < -0.4 is 5.73 Å². The molecule has 2 N–H and O–H groups in total. The van der Waals surface area contributed by atoms with E-state index in [1.165, 1.54) is 0 Å². The van der Waals surface area contributed by atoms with Gasteiger partial charge in [-0.1, -0.05) is 25.4 Å². The molecule has 5 nitrogen and oxygen atoms in total. The summed E-state index contributed by atoms with van der Waals surface area (Å²) in [7, 11) is 0.